The van der Waals surface area contributed by atoms with Crippen LogP contribution in [0.25, 0.3) is 0 Å². The Bertz CT molecular complexity index is 1080. The lowest BCUT2D eigenvalue weighted by molar-refractivity contribution is -0.142. The average molecular weight is 551 g/mol. The van der Waals surface area contributed by atoms with Gasteiger partial charge < -0.3 is 19.4 Å². The SMILES string of the molecule is CN(C(=O)OCC1(C)CC1)[C@@H]1CN(C(=O)C2CCN(C(=O)C3(C)CC3)CC2)C[C@H]1c1ccc(Cl)c(Cl)c1. The maximum Gasteiger partial charge on any atom is 0.409 e. The van der Waals surface area contributed by atoms with Crippen LogP contribution in [-0.2, 0) is 14.3 Å². The first-order chi connectivity index (χ1) is 17.5. The van der Waals surface area contributed by atoms with Crippen molar-refractivity contribution >= 4 is 41.1 Å². The molecule has 202 valence electrons. The van der Waals surface area contributed by atoms with E-state index in [0.29, 0.717) is 55.7 Å². The molecule has 2 saturated heterocycles. The molecule has 0 aromatic heterocycles. The number of hydrogen-bond acceptors (Lipinski definition) is 4. The normalized spacial score (nSPS) is 26.1. The molecule has 0 unspecified atom stereocenters. The molecule has 4 aliphatic rings. The van der Waals surface area contributed by atoms with Crippen molar-refractivity contribution in [3.63, 3.8) is 0 Å². The van der Waals surface area contributed by atoms with Gasteiger partial charge in [-0.3, -0.25) is 9.59 Å². The van der Waals surface area contributed by atoms with Gasteiger partial charge in [0.1, 0.15) is 0 Å². The molecular formula is C28H37Cl2N3O4. The lowest BCUT2D eigenvalue weighted by Gasteiger charge is -2.34. The summed E-state index contributed by atoms with van der Waals surface area (Å²) >= 11 is 12.5. The van der Waals surface area contributed by atoms with Crippen molar-refractivity contribution in [3.05, 3.63) is 33.8 Å². The Morgan fingerprint density at radius 1 is 1.00 bits per heavy atom. The van der Waals surface area contributed by atoms with Crippen LogP contribution in [0.4, 0.5) is 4.79 Å². The van der Waals surface area contributed by atoms with Gasteiger partial charge in [-0.25, -0.2) is 4.79 Å². The number of carbonyl (C=O) groups is 3. The number of amides is 3. The van der Waals surface area contributed by atoms with Crippen molar-refractivity contribution in [2.75, 3.05) is 39.8 Å². The van der Waals surface area contributed by atoms with Crippen LogP contribution in [0.1, 0.15) is 63.9 Å². The minimum Gasteiger partial charge on any atom is -0.449 e. The second-order valence-electron chi connectivity index (χ2n) is 12.2. The number of halogens is 2. The number of likely N-dealkylation sites (tertiary alicyclic amines) is 2. The van der Waals surface area contributed by atoms with Crippen LogP contribution in [-0.4, -0.2) is 78.5 Å². The molecule has 3 amide bonds. The summed E-state index contributed by atoms with van der Waals surface area (Å²) in [4.78, 5) is 44.8. The van der Waals surface area contributed by atoms with Crippen LogP contribution in [0.2, 0.25) is 10.0 Å². The zero-order valence-corrected chi connectivity index (χ0v) is 23.5. The lowest BCUT2D eigenvalue weighted by atomic mass is 9.93. The first-order valence-corrected chi connectivity index (χ1v) is 14.2. The highest BCUT2D eigenvalue weighted by Gasteiger charge is 2.48. The summed E-state index contributed by atoms with van der Waals surface area (Å²) in [6, 6.07) is 5.28. The Kier molecular flexibility index (Phi) is 7.16. The van der Waals surface area contributed by atoms with E-state index >= 15 is 0 Å². The quantitative estimate of drug-likeness (QED) is 0.489. The first-order valence-electron chi connectivity index (χ1n) is 13.4. The molecule has 0 spiro atoms. The van der Waals surface area contributed by atoms with E-state index in [1.165, 1.54) is 0 Å². The van der Waals surface area contributed by atoms with Gasteiger partial charge in [-0.05, 0) is 56.2 Å². The Morgan fingerprint density at radius 3 is 2.27 bits per heavy atom. The van der Waals surface area contributed by atoms with Crippen LogP contribution in [0.5, 0.6) is 0 Å². The van der Waals surface area contributed by atoms with Crippen LogP contribution in [0.3, 0.4) is 0 Å². The Balaban J connectivity index is 1.27. The van der Waals surface area contributed by atoms with E-state index in [1.807, 2.05) is 28.9 Å². The number of rotatable bonds is 6. The number of benzene rings is 1. The van der Waals surface area contributed by atoms with E-state index in [1.54, 1.807) is 18.0 Å². The van der Waals surface area contributed by atoms with Crippen molar-refractivity contribution in [1.29, 1.82) is 0 Å². The predicted octanol–water partition coefficient (Wildman–Crippen LogP) is 5.20. The van der Waals surface area contributed by atoms with Gasteiger partial charge in [-0.1, -0.05) is 43.1 Å². The Labute approximate surface area is 229 Å². The van der Waals surface area contributed by atoms with E-state index in [0.717, 1.165) is 31.2 Å². The maximum absolute atomic E-state index is 13.6. The minimum atomic E-state index is -0.363. The van der Waals surface area contributed by atoms with Crippen LogP contribution in [0, 0.1) is 16.7 Å². The van der Waals surface area contributed by atoms with Crippen molar-refractivity contribution < 1.29 is 19.1 Å². The van der Waals surface area contributed by atoms with Gasteiger partial charge in [-0.15, -0.1) is 0 Å². The molecule has 2 aliphatic carbocycles. The number of carbonyl (C=O) groups excluding carboxylic acids is 3. The highest BCUT2D eigenvalue weighted by atomic mass is 35.5. The molecule has 4 fully saturated rings. The topological polar surface area (TPSA) is 70.2 Å². The summed E-state index contributed by atoms with van der Waals surface area (Å²) < 4.78 is 5.65. The molecule has 2 saturated carbocycles. The number of piperidine rings is 1. The molecule has 1 aromatic rings. The molecule has 2 heterocycles. The van der Waals surface area contributed by atoms with Gasteiger partial charge in [0, 0.05) is 55.9 Å². The van der Waals surface area contributed by atoms with Gasteiger partial charge in [0.15, 0.2) is 0 Å². The summed E-state index contributed by atoms with van der Waals surface area (Å²) in [7, 11) is 1.75. The van der Waals surface area contributed by atoms with Gasteiger partial charge in [-0.2, -0.15) is 0 Å². The fraction of sp³-hybridized carbons (Fsp3) is 0.679. The molecule has 0 bridgehead atoms. The highest BCUT2D eigenvalue weighted by molar-refractivity contribution is 6.42. The van der Waals surface area contributed by atoms with E-state index in [9.17, 15) is 14.4 Å². The number of likely N-dealkylation sites (N-methyl/N-ethyl adjacent to an activating group) is 1. The second-order valence-corrected chi connectivity index (χ2v) is 13.0. The first kappa shape index (κ1) is 26.6. The molecule has 0 N–H and O–H groups in total. The summed E-state index contributed by atoms with van der Waals surface area (Å²) in [6.45, 7) is 6.76. The van der Waals surface area contributed by atoms with Crippen LogP contribution in [0.15, 0.2) is 18.2 Å². The smallest absolute Gasteiger partial charge is 0.409 e. The molecule has 0 radical (unpaired) electrons. The lowest BCUT2D eigenvalue weighted by Crippen LogP contribution is -2.46. The molecule has 5 rings (SSSR count). The van der Waals surface area contributed by atoms with Crippen molar-refractivity contribution in [3.8, 4) is 0 Å². The predicted molar refractivity (Wildman–Crippen MR) is 143 cm³/mol. The van der Waals surface area contributed by atoms with Crippen LogP contribution >= 0.6 is 23.2 Å². The zero-order valence-electron chi connectivity index (χ0n) is 22.0. The summed E-state index contributed by atoms with van der Waals surface area (Å²) in [5.41, 5.74) is 0.869. The second kappa shape index (κ2) is 9.96. The maximum atomic E-state index is 13.6. The van der Waals surface area contributed by atoms with E-state index in [4.69, 9.17) is 27.9 Å². The number of hydrogen-bond donors (Lipinski definition) is 0. The molecule has 9 heteroatoms. The average Bonchev–Trinajstić information content (AvgIpc) is 3.78. The monoisotopic (exact) mass is 549 g/mol. The zero-order chi connectivity index (χ0) is 26.5. The third-order valence-electron chi connectivity index (χ3n) is 9.05. The largest absolute Gasteiger partial charge is 0.449 e. The summed E-state index contributed by atoms with van der Waals surface area (Å²) in [6.07, 6.45) is 5.07. The summed E-state index contributed by atoms with van der Waals surface area (Å²) in [5.74, 6) is 0.115. The van der Waals surface area contributed by atoms with Crippen molar-refractivity contribution in [1.82, 2.24) is 14.7 Å². The van der Waals surface area contributed by atoms with Crippen LogP contribution < -0.4 is 0 Å². The molecule has 1 aromatic carbocycles. The van der Waals surface area contributed by atoms with E-state index in [2.05, 4.69) is 6.92 Å². The third kappa shape index (κ3) is 5.58. The van der Waals surface area contributed by atoms with Gasteiger partial charge >= 0.3 is 6.09 Å². The Hall–Kier alpha value is -1.99. The van der Waals surface area contributed by atoms with Crippen molar-refractivity contribution in [2.24, 2.45) is 16.7 Å². The molecule has 7 nitrogen and oxygen atoms in total. The number of ether oxygens (including phenoxy) is 1. The third-order valence-corrected chi connectivity index (χ3v) is 9.79. The summed E-state index contributed by atoms with van der Waals surface area (Å²) in [5, 5.41) is 0.927. The van der Waals surface area contributed by atoms with Gasteiger partial charge in [0.2, 0.25) is 11.8 Å². The number of nitrogens with zero attached hydrogens (tertiary/aromatic N) is 3. The van der Waals surface area contributed by atoms with E-state index < -0.39 is 0 Å². The highest BCUT2D eigenvalue weighted by Crippen LogP contribution is 2.47. The fourth-order valence-electron chi connectivity index (χ4n) is 5.63. The van der Waals surface area contributed by atoms with Gasteiger partial charge in [0.05, 0.1) is 22.7 Å². The van der Waals surface area contributed by atoms with Gasteiger partial charge in [0.25, 0.3) is 0 Å². The Morgan fingerprint density at radius 2 is 1.68 bits per heavy atom. The minimum absolute atomic E-state index is 0.101. The fourth-order valence-corrected chi connectivity index (χ4v) is 5.94. The molecule has 2 atom stereocenters. The van der Waals surface area contributed by atoms with E-state index in [-0.39, 0.29) is 46.6 Å². The standard InChI is InChI=1S/C28H37Cl2N3O4/c1-27(8-9-27)17-37-26(36)31(3)23-16-33(15-20(23)19-4-5-21(29)22(30)14-19)24(34)18-6-12-32(13-7-18)25(35)28(2)10-11-28/h4-5,14,18,20,23H,6-13,15-17H2,1-3H3/t20-,23+/m0/s1. The molecular weight excluding hydrogens is 513 g/mol. The van der Waals surface area contributed by atoms with Crippen molar-refractivity contribution in [2.45, 2.75) is 64.3 Å². The molecule has 37 heavy (non-hydrogen) atoms. The molecule has 2 aliphatic heterocycles.